The molecule has 1 aromatic carbocycles. The maximum atomic E-state index is 12.3. The molecule has 7 nitrogen and oxygen atoms in total. The van der Waals surface area contributed by atoms with E-state index in [1.54, 1.807) is 19.9 Å². The van der Waals surface area contributed by atoms with Crippen LogP contribution in [0, 0.1) is 13.8 Å². The fourth-order valence-corrected chi connectivity index (χ4v) is 4.06. The number of carbonyl (C=O) groups is 2. The van der Waals surface area contributed by atoms with Crippen LogP contribution in [0.1, 0.15) is 36.8 Å². The normalized spacial score (nSPS) is 15.1. The van der Waals surface area contributed by atoms with Crippen LogP contribution < -0.4 is 10.0 Å². The molecule has 1 saturated carbocycles. The highest BCUT2D eigenvalue weighted by Gasteiger charge is 2.20. The molecular weight excluding hydrogens is 344 g/mol. The van der Waals surface area contributed by atoms with Crippen molar-refractivity contribution in [3.05, 3.63) is 29.3 Å². The van der Waals surface area contributed by atoms with Gasteiger partial charge >= 0.3 is 5.97 Å². The lowest BCUT2D eigenvalue weighted by Gasteiger charge is -2.12. The maximum Gasteiger partial charge on any atom is 0.321 e. The highest BCUT2D eigenvalue weighted by Crippen LogP contribution is 2.17. The van der Waals surface area contributed by atoms with Crippen molar-refractivity contribution >= 4 is 21.9 Å². The molecule has 2 N–H and O–H groups in total. The van der Waals surface area contributed by atoms with Gasteiger partial charge in [-0.2, -0.15) is 4.72 Å². The van der Waals surface area contributed by atoms with Gasteiger partial charge in [-0.05, 0) is 43.9 Å². The fourth-order valence-electron chi connectivity index (χ4n) is 2.77. The average molecular weight is 368 g/mol. The Kier molecular flexibility index (Phi) is 6.55. The molecular formula is C17H24N2O5S. The van der Waals surface area contributed by atoms with Crippen LogP contribution in [-0.2, 0) is 24.3 Å². The first-order valence-electron chi connectivity index (χ1n) is 8.30. The van der Waals surface area contributed by atoms with Crippen LogP contribution in [-0.4, -0.2) is 39.5 Å². The van der Waals surface area contributed by atoms with Gasteiger partial charge in [0, 0.05) is 6.04 Å². The summed E-state index contributed by atoms with van der Waals surface area (Å²) < 4.78 is 31.6. The minimum absolute atomic E-state index is 0.124. The number of amides is 1. The van der Waals surface area contributed by atoms with Gasteiger partial charge in [0.15, 0.2) is 6.61 Å². The summed E-state index contributed by atoms with van der Waals surface area (Å²) >= 11 is 0. The van der Waals surface area contributed by atoms with E-state index < -0.39 is 29.1 Å². The average Bonchev–Trinajstić information content (AvgIpc) is 3.06. The summed E-state index contributed by atoms with van der Waals surface area (Å²) in [5.74, 6) is -1.16. The number of ether oxygens (including phenoxy) is 1. The molecule has 0 atom stereocenters. The predicted octanol–water partition coefficient (Wildman–Crippen LogP) is 1.18. The van der Waals surface area contributed by atoms with Crippen molar-refractivity contribution in [1.29, 1.82) is 0 Å². The lowest BCUT2D eigenvalue weighted by atomic mass is 10.2. The van der Waals surface area contributed by atoms with Crippen molar-refractivity contribution in [3.63, 3.8) is 0 Å². The second kappa shape index (κ2) is 8.44. The third kappa shape index (κ3) is 5.82. The number of nitrogens with one attached hydrogen (secondary N) is 2. The quantitative estimate of drug-likeness (QED) is 0.704. The third-order valence-electron chi connectivity index (χ3n) is 4.12. The number of benzene rings is 1. The van der Waals surface area contributed by atoms with Gasteiger partial charge in [-0.25, -0.2) is 8.42 Å². The summed E-state index contributed by atoms with van der Waals surface area (Å²) in [5.41, 5.74) is 1.39. The zero-order valence-corrected chi connectivity index (χ0v) is 15.3. The molecule has 1 aliphatic rings. The molecule has 0 aromatic heterocycles. The molecule has 0 radical (unpaired) electrons. The molecule has 1 aromatic rings. The number of rotatable bonds is 7. The van der Waals surface area contributed by atoms with Crippen LogP contribution >= 0.6 is 0 Å². The van der Waals surface area contributed by atoms with Gasteiger partial charge in [0.1, 0.15) is 6.54 Å². The van der Waals surface area contributed by atoms with Crippen LogP contribution in [0.25, 0.3) is 0 Å². The van der Waals surface area contributed by atoms with Crippen LogP contribution in [0.5, 0.6) is 0 Å². The number of aryl methyl sites for hydroxylation is 2. The Morgan fingerprint density at radius 2 is 1.88 bits per heavy atom. The Morgan fingerprint density at radius 1 is 1.20 bits per heavy atom. The minimum Gasteiger partial charge on any atom is -0.455 e. The first-order chi connectivity index (χ1) is 11.8. The van der Waals surface area contributed by atoms with Gasteiger partial charge in [-0.1, -0.05) is 25.0 Å². The van der Waals surface area contributed by atoms with Crippen molar-refractivity contribution in [1.82, 2.24) is 10.0 Å². The monoisotopic (exact) mass is 368 g/mol. The first kappa shape index (κ1) is 19.4. The molecule has 0 aliphatic heterocycles. The number of hydrogen-bond donors (Lipinski definition) is 2. The van der Waals surface area contributed by atoms with E-state index in [1.165, 1.54) is 6.07 Å². The van der Waals surface area contributed by atoms with Gasteiger partial charge in [-0.15, -0.1) is 0 Å². The lowest BCUT2D eigenvalue weighted by molar-refractivity contribution is -0.147. The fraction of sp³-hybridized carbons (Fsp3) is 0.529. The van der Waals surface area contributed by atoms with E-state index in [2.05, 4.69) is 10.0 Å². The smallest absolute Gasteiger partial charge is 0.321 e. The lowest BCUT2D eigenvalue weighted by Crippen LogP contribution is -2.37. The SMILES string of the molecule is Cc1ccc(C)c(S(=O)(=O)NCC(=O)OCC(=O)NC2CCCC2)c1. The van der Waals surface area contributed by atoms with E-state index in [4.69, 9.17) is 4.74 Å². The summed E-state index contributed by atoms with van der Waals surface area (Å²) in [4.78, 5) is 23.5. The van der Waals surface area contributed by atoms with Crippen molar-refractivity contribution in [2.45, 2.75) is 50.5 Å². The summed E-state index contributed by atoms with van der Waals surface area (Å²) in [6, 6.07) is 5.20. The van der Waals surface area contributed by atoms with E-state index >= 15 is 0 Å². The maximum absolute atomic E-state index is 12.3. The van der Waals surface area contributed by atoms with Gasteiger partial charge in [0.05, 0.1) is 4.90 Å². The van der Waals surface area contributed by atoms with Crippen molar-refractivity contribution in [2.24, 2.45) is 0 Å². The Bertz CT molecular complexity index is 739. The molecule has 0 spiro atoms. The Morgan fingerprint density at radius 3 is 2.56 bits per heavy atom. The first-order valence-corrected chi connectivity index (χ1v) is 9.78. The number of esters is 1. The predicted molar refractivity (Wildman–Crippen MR) is 92.5 cm³/mol. The summed E-state index contributed by atoms with van der Waals surface area (Å²) in [6.45, 7) is 2.54. The highest BCUT2D eigenvalue weighted by molar-refractivity contribution is 7.89. The molecule has 2 rings (SSSR count). The standard InChI is InChI=1S/C17H24N2O5S/c1-12-7-8-13(2)15(9-12)25(22,23)18-10-17(21)24-11-16(20)19-14-5-3-4-6-14/h7-9,14,18H,3-6,10-11H2,1-2H3,(H,19,20). The number of sulfonamides is 1. The zero-order valence-electron chi connectivity index (χ0n) is 14.5. The summed E-state index contributed by atoms with van der Waals surface area (Å²) in [7, 11) is -3.82. The second-order valence-electron chi connectivity index (χ2n) is 6.30. The molecule has 1 fully saturated rings. The van der Waals surface area contributed by atoms with E-state index in [-0.39, 0.29) is 16.8 Å². The van der Waals surface area contributed by atoms with Gasteiger partial charge < -0.3 is 10.1 Å². The highest BCUT2D eigenvalue weighted by atomic mass is 32.2. The van der Waals surface area contributed by atoms with Gasteiger partial charge in [0.2, 0.25) is 10.0 Å². The Balaban J connectivity index is 1.80. The van der Waals surface area contributed by atoms with Crippen molar-refractivity contribution < 1.29 is 22.7 Å². The van der Waals surface area contributed by atoms with E-state index in [1.807, 2.05) is 6.07 Å². The Labute approximate surface area is 148 Å². The largest absolute Gasteiger partial charge is 0.455 e. The van der Waals surface area contributed by atoms with E-state index in [0.29, 0.717) is 5.56 Å². The molecule has 138 valence electrons. The van der Waals surface area contributed by atoms with E-state index in [9.17, 15) is 18.0 Å². The topological polar surface area (TPSA) is 102 Å². The van der Waals surface area contributed by atoms with Crippen LogP contribution in [0.2, 0.25) is 0 Å². The molecule has 0 heterocycles. The summed E-state index contributed by atoms with van der Waals surface area (Å²) in [6.07, 6.45) is 4.06. The molecule has 0 unspecified atom stereocenters. The van der Waals surface area contributed by atoms with Crippen molar-refractivity contribution in [2.75, 3.05) is 13.2 Å². The Hall–Kier alpha value is -1.93. The third-order valence-corrected chi connectivity index (χ3v) is 5.67. The number of hydrogen-bond acceptors (Lipinski definition) is 5. The molecule has 25 heavy (non-hydrogen) atoms. The van der Waals surface area contributed by atoms with Crippen molar-refractivity contribution in [3.8, 4) is 0 Å². The van der Waals surface area contributed by atoms with Crippen LogP contribution in [0.15, 0.2) is 23.1 Å². The van der Waals surface area contributed by atoms with Crippen LogP contribution in [0.3, 0.4) is 0 Å². The van der Waals surface area contributed by atoms with E-state index in [0.717, 1.165) is 31.2 Å². The molecule has 0 bridgehead atoms. The number of carbonyl (C=O) groups excluding carboxylic acids is 2. The summed E-state index contributed by atoms with van der Waals surface area (Å²) in [5, 5.41) is 2.79. The van der Waals surface area contributed by atoms with Gasteiger partial charge in [-0.3, -0.25) is 9.59 Å². The second-order valence-corrected chi connectivity index (χ2v) is 8.04. The molecule has 1 aliphatic carbocycles. The minimum atomic E-state index is -3.82. The van der Waals surface area contributed by atoms with Crippen LogP contribution in [0.4, 0.5) is 0 Å². The molecule has 1 amide bonds. The molecule has 8 heteroatoms. The molecule has 0 saturated heterocycles. The van der Waals surface area contributed by atoms with Gasteiger partial charge in [0.25, 0.3) is 5.91 Å². The zero-order chi connectivity index (χ0) is 18.4.